The zero-order chi connectivity index (χ0) is 24.1. The molecule has 0 aromatic heterocycles. The first kappa shape index (κ1) is 24.6. The molecule has 0 aliphatic rings. The highest BCUT2D eigenvalue weighted by molar-refractivity contribution is 6.07. The van der Waals surface area contributed by atoms with Gasteiger partial charge in [-0.2, -0.15) is 0 Å². The number of hydrogen-bond acceptors (Lipinski definition) is 5. The van der Waals surface area contributed by atoms with Gasteiger partial charge in [0.15, 0.2) is 0 Å². The van der Waals surface area contributed by atoms with Crippen LogP contribution in [0.15, 0.2) is 42.5 Å². The average molecular weight is 445 g/mol. The van der Waals surface area contributed by atoms with E-state index < -0.39 is 35.1 Å². The van der Waals surface area contributed by atoms with Gasteiger partial charge in [-0.1, -0.05) is 0 Å². The first-order chi connectivity index (χ1) is 14.7. The maximum atomic E-state index is 13.8. The van der Waals surface area contributed by atoms with Crippen molar-refractivity contribution in [2.24, 2.45) is 0 Å². The SMILES string of the molecule is CC(C)(C)OC(=O)Nc1ccc(C(=O)Nc2cc(F)ccc2NC(=O)OC(C)(C)C)cc1. The molecule has 32 heavy (non-hydrogen) atoms. The van der Waals surface area contributed by atoms with Crippen molar-refractivity contribution in [2.75, 3.05) is 16.0 Å². The van der Waals surface area contributed by atoms with Crippen molar-refractivity contribution in [2.45, 2.75) is 52.7 Å². The molecule has 0 radical (unpaired) electrons. The van der Waals surface area contributed by atoms with Crippen LogP contribution in [0.25, 0.3) is 0 Å². The van der Waals surface area contributed by atoms with E-state index >= 15 is 0 Å². The first-order valence-corrected chi connectivity index (χ1v) is 9.93. The monoisotopic (exact) mass is 445 g/mol. The fraction of sp³-hybridized carbons (Fsp3) is 0.348. The van der Waals surface area contributed by atoms with E-state index in [0.29, 0.717) is 5.69 Å². The molecule has 0 spiro atoms. The van der Waals surface area contributed by atoms with Gasteiger partial charge in [0.1, 0.15) is 17.0 Å². The van der Waals surface area contributed by atoms with Crippen molar-refractivity contribution < 1.29 is 28.2 Å². The number of anilines is 3. The van der Waals surface area contributed by atoms with E-state index in [1.165, 1.54) is 30.3 Å². The minimum atomic E-state index is -0.739. The summed E-state index contributed by atoms with van der Waals surface area (Å²) in [6.07, 6.45) is -1.36. The largest absolute Gasteiger partial charge is 0.444 e. The van der Waals surface area contributed by atoms with Crippen molar-refractivity contribution in [3.63, 3.8) is 0 Å². The Morgan fingerprint density at radius 1 is 0.719 bits per heavy atom. The molecule has 2 aromatic carbocycles. The van der Waals surface area contributed by atoms with Gasteiger partial charge in [0, 0.05) is 11.3 Å². The molecule has 0 heterocycles. The summed E-state index contributed by atoms with van der Waals surface area (Å²) >= 11 is 0. The summed E-state index contributed by atoms with van der Waals surface area (Å²) in [6, 6.07) is 9.60. The van der Waals surface area contributed by atoms with Gasteiger partial charge < -0.3 is 14.8 Å². The van der Waals surface area contributed by atoms with Gasteiger partial charge in [0.25, 0.3) is 5.91 Å². The van der Waals surface area contributed by atoms with Crippen LogP contribution in [0.4, 0.5) is 31.0 Å². The molecule has 172 valence electrons. The Morgan fingerprint density at radius 2 is 1.25 bits per heavy atom. The van der Waals surface area contributed by atoms with Crippen molar-refractivity contribution >= 4 is 35.2 Å². The van der Waals surface area contributed by atoms with Gasteiger partial charge in [0.2, 0.25) is 0 Å². The van der Waals surface area contributed by atoms with E-state index in [-0.39, 0.29) is 16.9 Å². The van der Waals surface area contributed by atoms with Crippen LogP contribution >= 0.6 is 0 Å². The summed E-state index contributed by atoms with van der Waals surface area (Å²) in [6.45, 7) is 10.4. The Morgan fingerprint density at radius 3 is 1.78 bits per heavy atom. The number of halogens is 1. The van der Waals surface area contributed by atoms with E-state index in [1.54, 1.807) is 41.5 Å². The van der Waals surface area contributed by atoms with Crippen LogP contribution in [0.3, 0.4) is 0 Å². The van der Waals surface area contributed by atoms with Gasteiger partial charge in [-0.25, -0.2) is 14.0 Å². The van der Waals surface area contributed by atoms with Crippen molar-refractivity contribution in [3.8, 4) is 0 Å². The number of rotatable bonds is 4. The van der Waals surface area contributed by atoms with Crippen LogP contribution in [-0.4, -0.2) is 29.3 Å². The molecule has 0 fully saturated rings. The van der Waals surface area contributed by atoms with E-state index in [9.17, 15) is 18.8 Å². The average Bonchev–Trinajstić information content (AvgIpc) is 2.61. The van der Waals surface area contributed by atoms with E-state index in [1.807, 2.05) is 0 Å². The van der Waals surface area contributed by atoms with Gasteiger partial charge >= 0.3 is 12.2 Å². The molecule has 2 aromatic rings. The summed E-state index contributed by atoms with van der Waals surface area (Å²) in [5.41, 5.74) is -0.419. The predicted octanol–water partition coefficient (Wildman–Crippen LogP) is 5.77. The molecular formula is C23H28FN3O5. The molecule has 0 atom stereocenters. The summed E-state index contributed by atoms with van der Waals surface area (Å²) in [5.74, 6) is -1.13. The van der Waals surface area contributed by atoms with E-state index in [4.69, 9.17) is 9.47 Å². The molecule has 2 rings (SSSR count). The van der Waals surface area contributed by atoms with Gasteiger partial charge in [0.05, 0.1) is 11.4 Å². The van der Waals surface area contributed by atoms with Crippen LogP contribution in [0, 0.1) is 5.82 Å². The Hall–Kier alpha value is -3.62. The summed E-state index contributed by atoms with van der Waals surface area (Å²) < 4.78 is 24.1. The Bertz CT molecular complexity index is 992. The summed E-state index contributed by atoms with van der Waals surface area (Å²) in [5, 5.41) is 7.63. The van der Waals surface area contributed by atoms with Crippen molar-refractivity contribution in [3.05, 3.63) is 53.8 Å². The normalized spacial score (nSPS) is 11.3. The molecule has 0 saturated carbocycles. The molecule has 0 unspecified atom stereocenters. The standard InChI is InChI=1S/C23H28FN3O5/c1-22(2,3)31-20(29)25-16-10-7-14(8-11-16)19(28)26-18-13-15(24)9-12-17(18)27-21(30)32-23(4,5)6/h7-13H,1-6H3,(H,25,29)(H,26,28)(H,27,30). The maximum Gasteiger partial charge on any atom is 0.412 e. The van der Waals surface area contributed by atoms with E-state index in [0.717, 1.165) is 12.1 Å². The van der Waals surface area contributed by atoms with E-state index in [2.05, 4.69) is 16.0 Å². The number of carbonyl (C=O) groups is 3. The zero-order valence-electron chi connectivity index (χ0n) is 19.0. The minimum absolute atomic E-state index is 0.0665. The predicted molar refractivity (Wildman–Crippen MR) is 121 cm³/mol. The fourth-order valence-electron chi connectivity index (χ4n) is 2.46. The molecular weight excluding hydrogens is 417 g/mol. The lowest BCUT2D eigenvalue weighted by Gasteiger charge is -2.20. The Labute approximate surface area is 186 Å². The van der Waals surface area contributed by atoms with Crippen LogP contribution in [0.1, 0.15) is 51.9 Å². The summed E-state index contributed by atoms with van der Waals surface area (Å²) in [4.78, 5) is 36.5. The van der Waals surface area contributed by atoms with Crippen LogP contribution in [0.5, 0.6) is 0 Å². The molecule has 0 bridgehead atoms. The first-order valence-electron chi connectivity index (χ1n) is 9.93. The van der Waals surface area contributed by atoms with Crippen LogP contribution < -0.4 is 16.0 Å². The highest BCUT2D eigenvalue weighted by Gasteiger charge is 2.19. The number of nitrogens with one attached hydrogen (secondary N) is 3. The molecule has 0 aliphatic heterocycles. The third-order valence-corrected chi connectivity index (χ3v) is 3.66. The fourth-order valence-corrected chi connectivity index (χ4v) is 2.46. The molecule has 3 amide bonds. The van der Waals surface area contributed by atoms with Crippen LogP contribution in [0.2, 0.25) is 0 Å². The molecule has 9 heteroatoms. The molecule has 8 nitrogen and oxygen atoms in total. The molecule has 3 N–H and O–H groups in total. The lowest BCUT2D eigenvalue weighted by Crippen LogP contribution is -2.27. The smallest absolute Gasteiger partial charge is 0.412 e. The van der Waals surface area contributed by atoms with Crippen LogP contribution in [-0.2, 0) is 9.47 Å². The summed E-state index contributed by atoms with van der Waals surface area (Å²) in [7, 11) is 0. The number of ether oxygens (including phenoxy) is 2. The number of benzene rings is 2. The third-order valence-electron chi connectivity index (χ3n) is 3.66. The second kappa shape index (κ2) is 9.67. The minimum Gasteiger partial charge on any atom is -0.444 e. The molecule has 0 saturated heterocycles. The number of amides is 3. The quantitative estimate of drug-likeness (QED) is 0.554. The highest BCUT2D eigenvalue weighted by atomic mass is 19.1. The maximum absolute atomic E-state index is 13.8. The van der Waals surface area contributed by atoms with Gasteiger partial charge in [-0.3, -0.25) is 15.4 Å². The van der Waals surface area contributed by atoms with Gasteiger partial charge in [-0.15, -0.1) is 0 Å². The second-order valence-corrected chi connectivity index (χ2v) is 8.98. The topological polar surface area (TPSA) is 106 Å². The highest BCUT2D eigenvalue weighted by Crippen LogP contribution is 2.25. The number of hydrogen-bond donors (Lipinski definition) is 3. The Kier molecular flexibility index (Phi) is 7.45. The second-order valence-electron chi connectivity index (χ2n) is 8.98. The molecule has 0 aliphatic carbocycles. The van der Waals surface area contributed by atoms with Crippen molar-refractivity contribution in [1.82, 2.24) is 0 Å². The lowest BCUT2D eigenvalue weighted by molar-refractivity contribution is 0.0624. The Balaban J connectivity index is 2.09. The lowest BCUT2D eigenvalue weighted by atomic mass is 10.1. The van der Waals surface area contributed by atoms with Gasteiger partial charge in [-0.05, 0) is 84.0 Å². The third kappa shape index (κ3) is 8.25. The zero-order valence-corrected chi connectivity index (χ0v) is 19.0. The number of carbonyl (C=O) groups excluding carboxylic acids is 3. The van der Waals surface area contributed by atoms with Crippen molar-refractivity contribution in [1.29, 1.82) is 0 Å².